The third-order valence-electron chi connectivity index (χ3n) is 6.29. The number of rotatable bonds is 12. The van der Waals surface area contributed by atoms with Gasteiger partial charge in [0.05, 0.1) is 23.7 Å². The minimum atomic E-state index is -0.975. The number of hydrogen-bond donors (Lipinski definition) is 1. The molecule has 1 aliphatic carbocycles. The zero-order valence-electron chi connectivity index (χ0n) is 21.5. The van der Waals surface area contributed by atoms with Crippen LogP contribution in [0.15, 0.2) is 76.8 Å². The van der Waals surface area contributed by atoms with Crippen molar-refractivity contribution < 1.29 is 29.0 Å². The van der Waals surface area contributed by atoms with E-state index < -0.39 is 12.1 Å². The van der Waals surface area contributed by atoms with E-state index in [0.717, 1.165) is 28.3 Å². The molecule has 38 heavy (non-hydrogen) atoms. The van der Waals surface area contributed by atoms with E-state index in [1.807, 2.05) is 48.6 Å². The molecule has 1 heterocycles. The molecule has 200 valence electrons. The van der Waals surface area contributed by atoms with E-state index in [-0.39, 0.29) is 18.2 Å². The lowest BCUT2D eigenvalue weighted by Crippen LogP contribution is -2.38. The average molecular weight is 537 g/mol. The number of ether oxygens (including phenoxy) is 2. The van der Waals surface area contributed by atoms with Crippen molar-refractivity contribution in [3.8, 4) is 5.75 Å². The molecule has 0 saturated carbocycles. The second-order valence-corrected chi connectivity index (χ2v) is 9.89. The first-order valence-electron chi connectivity index (χ1n) is 12.6. The number of aliphatic carboxylic acids is 1. The van der Waals surface area contributed by atoms with Crippen LogP contribution in [0.5, 0.6) is 5.75 Å². The smallest absolute Gasteiger partial charge is 0.333 e. The molecule has 8 nitrogen and oxygen atoms in total. The molecule has 2 unspecified atom stereocenters. The van der Waals surface area contributed by atoms with Gasteiger partial charge in [-0.3, -0.25) is 4.79 Å². The molecule has 0 bridgehead atoms. The molecule has 4 rings (SSSR count). The fourth-order valence-electron chi connectivity index (χ4n) is 4.44. The molecular weight excluding hydrogens is 504 g/mol. The summed E-state index contributed by atoms with van der Waals surface area (Å²) >= 11 is 1.56. The third kappa shape index (κ3) is 7.05. The molecule has 0 radical (unpaired) electrons. The van der Waals surface area contributed by atoms with Crippen molar-refractivity contribution in [2.75, 3.05) is 37.5 Å². The molecule has 0 aromatic heterocycles. The lowest BCUT2D eigenvalue weighted by Gasteiger charge is -2.29. The van der Waals surface area contributed by atoms with Gasteiger partial charge in [-0.1, -0.05) is 41.6 Å². The minimum absolute atomic E-state index is 0.0553. The van der Waals surface area contributed by atoms with Crippen molar-refractivity contribution in [1.82, 2.24) is 0 Å². The van der Waals surface area contributed by atoms with E-state index in [4.69, 9.17) is 14.3 Å². The van der Waals surface area contributed by atoms with Crippen molar-refractivity contribution >= 4 is 35.0 Å². The second-order valence-electron chi connectivity index (χ2n) is 8.87. The quantitative estimate of drug-likeness (QED) is 0.398. The van der Waals surface area contributed by atoms with Crippen LogP contribution in [-0.4, -0.2) is 61.4 Å². The second kappa shape index (κ2) is 13.3. The highest BCUT2D eigenvalue weighted by atomic mass is 32.2. The summed E-state index contributed by atoms with van der Waals surface area (Å²) < 4.78 is 11.2. The third-order valence-corrected chi connectivity index (χ3v) is 7.32. The Labute approximate surface area is 226 Å². The first-order valence-corrected chi connectivity index (χ1v) is 13.5. The van der Waals surface area contributed by atoms with Crippen LogP contribution in [0.4, 0.5) is 5.69 Å². The summed E-state index contributed by atoms with van der Waals surface area (Å²) in [5, 5.41) is 13.4. The van der Waals surface area contributed by atoms with Gasteiger partial charge in [-0.2, -0.15) is 0 Å². The number of fused-ring (bicyclic) bond motifs is 1. The molecule has 1 N–H and O–H groups in total. The summed E-state index contributed by atoms with van der Waals surface area (Å²) in [6, 6.07) is 13.5. The van der Waals surface area contributed by atoms with Crippen molar-refractivity contribution in [3.05, 3.63) is 77.9 Å². The first kappa shape index (κ1) is 27.5. The van der Waals surface area contributed by atoms with E-state index in [2.05, 4.69) is 23.4 Å². The van der Waals surface area contributed by atoms with Crippen LogP contribution in [-0.2, 0) is 32.0 Å². The molecule has 2 aliphatic rings. The number of nitrogens with zero attached hydrogens (tertiary/aromatic N) is 2. The van der Waals surface area contributed by atoms with Crippen LogP contribution in [0, 0.1) is 5.92 Å². The SMILES string of the molecule is CCOC(Cc1ccc(OCCN2C(=O)CSc3cc(CC4C=CC=CC4=NOC)ccc32)cc1)C(=O)O. The van der Waals surface area contributed by atoms with Gasteiger partial charge in [0, 0.05) is 23.8 Å². The summed E-state index contributed by atoms with van der Waals surface area (Å²) in [6.07, 6.45) is 8.27. The Bertz CT molecular complexity index is 1220. The van der Waals surface area contributed by atoms with Crippen LogP contribution in [0.3, 0.4) is 0 Å². The van der Waals surface area contributed by atoms with Crippen LogP contribution in [0.1, 0.15) is 18.1 Å². The number of carbonyl (C=O) groups excluding carboxylic acids is 1. The fourth-order valence-corrected chi connectivity index (χ4v) is 5.43. The van der Waals surface area contributed by atoms with E-state index in [0.29, 0.717) is 31.3 Å². The lowest BCUT2D eigenvalue weighted by molar-refractivity contribution is -0.149. The highest BCUT2D eigenvalue weighted by Gasteiger charge is 2.25. The maximum Gasteiger partial charge on any atom is 0.333 e. The number of allylic oxidation sites excluding steroid dienone is 4. The topological polar surface area (TPSA) is 97.7 Å². The predicted octanol–water partition coefficient (Wildman–Crippen LogP) is 4.52. The largest absolute Gasteiger partial charge is 0.492 e. The number of carbonyl (C=O) groups is 2. The Hall–Kier alpha value is -3.56. The number of anilines is 1. The Morgan fingerprint density at radius 2 is 1.97 bits per heavy atom. The van der Waals surface area contributed by atoms with Gasteiger partial charge in [-0.25, -0.2) is 4.79 Å². The molecule has 2 aromatic carbocycles. The van der Waals surface area contributed by atoms with Crippen LogP contribution in [0.25, 0.3) is 0 Å². The molecule has 2 atom stereocenters. The maximum atomic E-state index is 12.7. The summed E-state index contributed by atoms with van der Waals surface area (Å²) in [5.41, 5.74) is 3.81. The molecule has 1 aliphatic heterocycles. The Balaban J connectivity index is 1.35. The van der Waals surface area contributed by atoms with Gasteiger partial charge in [0.2, 0.25) is 5.91 Å². The molecule has 1 amide bonds. The van der Waals surface area contributed by atoms with Crippen LogP contribution >= 0.6 is 11.8 Å². The highest BCUT2D eigenvalue weighted by Crippen LogP contribution is 2.36. The zero-order chi connectivity index (χ0) is 26.9. The number of thioether (sulfide) groups is 1. The molecule has 0 spiro atoms. The number of oxime groups is 1. The van der Waals surface area contributed by atoms with Gasteiger partial charge in [-0.05, 0) is 54.8 Å². The zero-order valence-corrected chi connectivity index (χ0v) is 22.4. The number of amides is 1. The average Bonchev–Trinajstić information content (AvgIpc) is 2.92. The van der Waals surface area contributed by atoms with E-state index in [1.165, 1.54) is 5.56 Å². The van der Waals surface area contributed by atoms with Crippen molar-refractivity contribution in [1.29, 1.82) is 0 Å². The van der Waals surface area contributed by atoms with E-state index in [1.54, 1.807) is 30.7 Å². The Morgan fingerprint density at radius 3 is 2.71 bits per heavy atom. The summed E-state index contributed by atoms with van der Waals surface area (Å²) in [7, 11) is 1.55. The molecular formula is C29H32N2O6S. The summed E-state index contributed by atoms with van der Waals surface area (Å²) in [5.74, 6) is 0.266. The Kier molecular flexibility index (Phi) is 9.62. The number of carboxylic acid groups (broad SMARTS) is 1. The van der Waals surface area contributed by atoms with Gasteiger partial charge in [0.25, 0.3) is 0 Å². The van der Waals surface area contributed by atoms with Gasteiger partial charge in [0.1, 0.15) is 19.5 Å². The number of benzene rings is 2. The standard InChI is InChI=1S/C29H32N2O6S/c1-3-36-26(29(33)34)17-20-8-11-23(12-9-20)37-15-14-31-25-13-10-21(18-27(25)38-19-28(31)32)16-22-6-4-5-7-24(22)30-35-2/h4-13,18,22,26H,3,14-17,19H2,1-2H3,(H,33,34). The molecule has 0 fully saturated rings. The molecule has 2 aromatic rings. The Morgan fingerprint density at radius 1 is 1.18 bits per heavy atom. The highest BCUT2D eigenvalue weighted by molar-refractivity contribution is 8.00. The van der Waals surface area contributed by atoms with Gasteiger partial charge in [-0.15, -0.1) is 11.8 Å². The lowest BCUT2D eigenvalue weighted by atomic mass is 9.91. The monoisotopic (exact) mass is 536 g/mol. The number of hydrogen-bond acceptors (Lipinski definition) is 7. The number of carboxylic acids is 1. The van der Waals surface area contributed by atoms with Gasteiger partial charge >= 0.3 is 5.97 Å². The van der Waals surface area contributed by atoms with E-state index in [9.17, 15) is 14.7 Å². The first-order chi connectivity index (χ1) is 18.5. The van der Waals surface area contributed by atoms with E-state index >= 15 is 0 Å². The van der Waals surface area contributed by atoms with Crippen molar-refractivity contribution in [2.45, 2.75) is 30.8 Å². The normalized spacial score (nSPS) is 18.4. The fraction of sp³-hybridized carbons (Fsp3) is 0.345. The van der Waals surface area contributed by atoms with Crippen molar-refractivity contribution in [2.24, 2.45) is 11.1 Å². The molecule has 9 heteroatoms. The predicted molar refractivity (Wildman–Crippen MR) is 148 cm³/mol. The summed E-state index contributed by atoms with van der Waals surface area (Å²) in [6.45, 7) is 2.89. The van der Waals surface area contributed by atoms with Gasteiger partial charge < -0.3 is 24.3 Å². The van der Waals surface area contributed by atoms with Gasteiger partial charge in [0.15, 0.2) is 6.10 Å². The van der Waals surface area contributed by atoms with Crippen molar-refractivity contribution in [3.63, 3.8) is 0 Å². The minimum Gasteiger partial charge on any atom is -0.492 e. The molecule has 0 saturated heterocycles. The maximum absolute atomic E-state index is 12.7. The van der Waals surface area contributed by atoms with Crippen LogP contribution < -0.4 is 9.64 Å². The van der Waals surface area contributed by atoms with Crippen LogP contribution in [0.2, 0.25) is 0 Å². The summed E-state index contributed by atoms with van der Waals surface area (Å²) in [4.78, 5) is 31.9.